The number of Topliss-reactive ketones (excluding diaryl/α,β-unsaturated/α-hetero) is 2. The number of carbonyl (C=O) groups is 4. The van der Waals surface area contributed by atoms with Crippen LogP contribution in [0.25, 0.3) is 17.0 Å². The van der Waals surface area contributed by atoms with Crippen LogP contribution in [0, 0.1) is 17.8 Å². The number of aromatic nitrogens is 1. The number of amides is 1. The van der Waals surface area contributed by atoms with Crippen molar-refractivity contribution in [2.75, 3.05) is 20.7 Å². The Morgan fingerprint density at radius 2 is 1.77 bits per heavy atom. The van der Waals surface area contributed by atoms with E-state index in [0.29, 0.717) is 12.8 Å². The molecule has 14 heteroatoms. The number of hydrogen-bond donors (Lipinski definition) is 2. The van der Waals surface area contributed by atoms with Crippen molar-refractivity contribution < 1.29 is 52.4 Å². The number of rotatable bonds is 9. The number of nitrogens with one attached hydrogen (secondary N) is 1. The van der Waals surface area contributed by atoms with Crippen LogP contribution in [0.2, 0.25) is 0 Å². The van der Waals surface area contributed by atoms with Crippen molar-refractivity contribution in [2.45, 2.75) is 141 Å². The van der Waals surface area contributed by atoms with Gasteiger partial charge in [-0.05, 0) is 78.7 Å². The zero-order chi connectivity index (χ0) is 42.0. The molecular formula is C43H60FN3O10. The molecular weight excluding hydrogens is 737 g/mol. The summed E-state index contributed by atoms with van der Waals surface area (Å²) in [4.78, 5) is 62.0. The molecule has 4 heterocycles. The highest BCUT2D eigenvalue weighted by molar-refractivity contribution is 6.08. The van der Waals surface area contributed by atoms with Gasteiger partial charge in [-0.1, -0.05) is 64.5 Å². The molecule has 314 valence electrons. The molecule has 0 spiro atoms. The highest BCUT2D eigenvalue weighted by Crippen LogP contribution is 2.41. The van der Waals surface area contributed by atoms with Gasteiger partial charge in [0.1, 0.15) is 18.0 Å². The molecule has 5 rings (SSSR count). The third-order valence-corrected chi connectivity index (χ3v) is 12.1. The molecule has 0 saturated carbocycles. The third-order valence-electron chi connectivity index (χ3n) is 12.1. The van der Waals surface area contributed by atoms with Gasteiger partial charge in [0.05, 0.1) is 36.0 Å². The molecule has 2 aromatic rings. The fourth-order valence-corrected chi connectivity index (χ4v) is 8.85. The Bertz CT molecular complexity index is 1820. The van der Waals surface area contributed by atoms with Gasteiger partial charge in [0.15, 0.2) is 17.7 Å². The Hall–Kier alpha value is -3.82. The summed E-state index contributed by atoms with van der Waals surface area (Å²) in [5.74, 6) is -5.91. The van der Waals surface area contributed by atoms with Gasteiger partial charge in [-0.2, -0.15) is 0 Å². The number of ketones is 2. The van der Waals surface area contributed by atoms with E-state index in [1.54, 1.807) is 40.0 Å². The number of esters is 1. The second-order valence-corrected chi connectivity index (χ2v) is 16.9. The van der Waals surface area contributed by atoms with E-state index in [1.807, 2.05) is 69.3 Å². The molecule has 0 bridgehead atoms. The second kappa shape index (κ2) is 17.6. The number of pyridine rings is 1. The average molecular weight is 798 g/mol. The normalized spacial score (nSPS) is 38.5. The molecule has 1 aromatic carbocycles. The first kappa shape index (κ1) is 44.3. The van der Waals surface area contributed by atoms with Crippen LogP contribution < -0.4 is 5.32 Å². The van der Waals surface area contributed by atoms with Crippen LogP contribution in [0.3, 0.4) is 0 Å². The van der Waals surface area contributed by atoms with Crippen LogP contribution in [0.1, 0.15) is 86.6 Å². The lowest BCUT2D eigenvalue weighted by Gasteiger charge is -2.47. The van der Waals surface area contributed by atoms with Crippen molar-refractivity contribution in [3.63, 3.8) is 0 Å². The Labute approximate surface area is 335 Å². The fraction of sp³-hybridized carbons (Fsp3) is 0.651. The number of alkyl halides is 1. The Kier molecular flexibility index (Phi) is 13.7. The van der Waals surface area contributed by atoms with Crippen molar-refractivity contribution in [2.24, 2.45) is 17.8 Å². The largest absolute Gasteiger partial charge is 0.455 e. The summed E-state index contributed by atoms with van der Waals surface area (Å²) in [6, 6.07) is 8.35. The predicted molar refractivity (Wildman–Crippen MR) is 211 cm³/mol. The number of carbonyl (C=O) groups excluding carboxylic acids is 4. The SMILES string of the molecule is CCC[C@H]1OC(=O)[C@@](C)(F)C(=O)[C@H](C)[C@@H](O[C@@H]2O[C@H](C)C[C@H](N(C)C)[C@H]2O)[C@](C)(OC/C=C/c2cnc3ccccc3c2)C[C@@H](C)C(=O)[C@@H](C)[C@H]2NC(=O)O[C@@]21C. The molecule has 57 heavy (non-hydrogen) atoms. The maximum Gasteiger partial charge on any atom is 0.408 e. The number of halogens is 1. The fourth-order valence-electron chi connectivity index (χ4n) is 8.85. The van der Waals surface area contributed by atoms with E-state index in [9.17, 15) is 24.3 Å². The minimum Gasteiger partial charge on any atom is -0.455 e. The number of nitrogens with zero attached hydrogens (tertiary/aromatic N) is 2. The van der Waals surface area contributed by atoms with Gasteiger partial charge in [0, 0.05) is 35.4 Å². The topological polar surface area (TPSA) is 163 Å². The molecule has 0 unspecified atom stereocenters. The van der Waals surface area contributed by atoms with Crippen LogP contribution in [-0.4, -0.2) is 119 Å². The van der Waals surface area contributed by atoms with Crippen LogP contribution >= 0.6 is 0 Å². The zero-order valence-corrected chi connectivity index (χ0v) is 34.8. The minimum absolute atomic E-state index is 0.0381. The molecule has 13 nitrogen and oxygen atoms in total. The number of hydrogen-bond acceptors (Lipinski definition) is 12. The van der Waals surface area contributed by atoms with Crippen LogP contribution in [-0.2, 0) is 38.1 Å². The standard InChI is InChI=1S/C43H60FN3O10/c1-11-15-32-43(8)35(46-40(52)57-43)26(4)33(48)24(2)22-41(6,53-19-14-16-28-21-29-17-12-13-18-30(29)45-23-28)37(27(5)36(50)42(7,44)39(51)55-32)56-38-34(49)31(47(9)10)20-25(3)54-38/h12-14,16-18,21,23-27,31-32,34-35,37-38,49H,11,15,19-20,22H2,1-10H3,(H,46,52)/b16-14+/t24-,25-,26-,27+,31+,32-,34-,35-,37-,38+,41-,42+,43-/m1/s1. The highest BCUT2D eigenvalue weighted by atomic mass is 19.1. The first-order valence-corrected chi connectivity index (χ1v) is 20.0. The molecule has 3 saturated heterocycles. The molecule has 13 atom stereocenters. The van der Waals surface area contributed by atoms with Gasteiger partial charge in [0.2, 0.25) is 0 Å². The van der Waals surface area contributed by atoms with Gasteiger partial charge in [-0.3, -0.25) is 14.6 Å². The number of aliphatic hydroxyl groups is 1. The van der Waals surface area contributed by atoms with E-state index >= 15 is 4.39 Å². The lowest BCUT2D eigenvalue weighted by molar-refractivity contribution is -0.297. The minimum atomic E-state index is -3.19. The molecule has 1 aromatic heterocycles. The summed E-state index contributed by atoms with van der Waals surface area (Å²) in [7, 11) is 3.65. The Balaban J connectivity index is 1.59. The number of cyclic esters (lactones) is 1. The number of para-hydroxylation sites is 1. The zero-order valence-electron chi connectivity index (χ0n) is 34.8. The average Bonchev–Trinajstić information content (AvgIpc) is 3.48. The lowest BCUT2D eigenvalue weighted by Crippen LogP contribution is -2.61. The Morgan fingerprint density at radius 3 is 2.46 bits per heavy atom. The summed E-state index contributed by atoms with van der Waals surface area (Å²) in [5, 5.41) is 15.3. The smallest absolute Gasteiger partial charge is 0.408 e. The summed E-state index contributed by atoms with van der Waals surface area (Å²) >= 11 is 0. The molecule has 0 aliphatic carbocycles. The maximum atomic E-state index is 17.0. The van der Waals surface area contributed by atoms with Gasteiger partial charge in [-0.25, -0.2) is 14.0 Å². The van der Waals surface area contributed by atoms with E-state index in [0.717, 1.165) is 23.4 Å². The maximum absolute atomic E-state index is 17.0. The summed E-state index contributed by atoms with van der Waals surface area (Å²) < 4.78 is 47.9. The van der Waals surface area contributed by atoms with Crippen LogP contribution in [0.5, 0.6) is 0 Å². The first-order chi connectivity index (χ1) is 26.7. The number of alkyl carbamates (subject to hydrolysis) is 1. The number of fused-ring (bicyclic) bond motifs is 2. The van der Waals surface area contributed by atoms with Gasteiger partial charge in [-0.15, -0.1) is 0 Å². The third kappa shape index (κ3) is 9.25. The van der Waals surface area contributed by atoms with Crippen molar-refractivity contribution in [1.82, 2.24) is 15.2 Å². The summed E-state index contributed by atoms with van der Waals surface area (Å²) in [5.41, 5.74) is -4.64. The van der Waals surface area contributed by atoms with Crippen LogP contribution in [0.15, 0.2) is 42.6 Å². The number of likely N-dealkylation sites (N-methyl/N-ethyl adjacent to an activating group) is 1. The van der Waals surface area contributed by atoms with Crippen molar-refractivity contribution in [3.8, 4) is 0 Å². The second-order valence-electron chi connectivity index (χ2n) is 16.9. The van der Waals surface area contributed by atoms with Crippen molar-refractivity contribution in [3.05, 3.63) is 48.2 Å². The quantitative estimate of drug-likeness (QED) is 0.239. The van der Waals surface area contributed by atoms with E-state index in [-0.39, 0.29) is 37.4 Å². The predicted octanol–water partition coefficient (Wildman–Crippen LogP) is 5.59. The van der Waals surface area contributed by atoms with E-state index in [1.165, 1.54) is 6.92 Å². The highest BCUT2D eigenvalue weighted by Gasteiger charge is 2.59. The molecule has 2 N–H and O–H groups in total. The van der Waals surface area contributed by atoms with Crippen molar-refractivity contribution >= 4 is 40.6 Å². The van der Waals surface area contributed by atoms with Gasteiger partial charge in [0.25, 0.3) is 5.67 Å². The monoisotopic (exact) mass is 797 g/mol. The first-order valence-electron chi connectivity index (χ1n) is 20.0. The molecule has 3 aliphatic heterocycles. The molecule has 3 fully saturated rings. The van der Waals surface area contributed by atoms with Crippen molar-refractivity contribution in [1.29, 1.82) is 0 Å². The number of ether oxygens (including phenoxy) is 5. The molecule has 1 amide bonds. The van der Waals surface area contributed by atoms with Crippen LogP contribution in [0.4, 0.5) is 9.18 Å². The van der Waals surface area contributed by atoms with E-state index < -0.39 is 83.1 Å². The lowest BCUT2D eigenvalue weighted by atomic mass is 9.73. The van der Waals surface area contributed by atoms with E-state index in [2.05, 4.69) is 10.3 Å². The summed E-state index contributed by atoms with van der Waals surface area (Å²) in [6.07, 6.45) is 0.191. The Morgan fingerprint density at radius 1 is 1.07 bits per heavy atom. The molecule has 3 aliphatic rings. The molecule has 0 radical (unpaired) electrons. The van der Waals surface area contributed by atoms with E-state index in [4.69, 9.17) is 23.7 Å². The van der Waals surface area contributed by atoms with Gasteiger partial charge < -0.3 is 39.0 Å². The number of benzene rings is 1. The number of aliphatic hydroxyl groups excluding tert-OH is 1. The summed E-state index contributed by atoms with van der Waals surface area (Å²) in [6.45, 7) is 12.5. The van der Waals surface area contributed by atoms with Gasteiger partial charge >= 0.3 is 12.1 Å².